The highest BCUT2D eigenvalue weighted by molar-refractivity contribution is 7.87. The van der Waals surface area contributed by atoms with E-state index in [1.165, 1.54) is 0 Å². The first kappa shape index (κ1) is 12.7. The average molecular weight is 265 g/mol. The fraction of sp³-hybridized carbons (Fsp3) is 0.231. The number of hydrogen-bond donors (Lipinski definition) is 1. The first-order valence-corrected chi connectivity index (χ1v) is 6.97. The smallest absolute Gasteiger partial charge is 0.341 e. The van der Waals surface area contributed by atoms with Gasteiger partial charge in [-0.1, -0.05) is 17.7 Å². The van der Waals surface area contributed by atoms with Crippen LogP contribution in [0.5, 0.6) is 5.88 Å². The monoisotopic (exact) mass is 265 g/mol. The molecular weight excluding hydrogens is 250 g/mol. The van der Waals surface area contributed by atoms with Gasteiger partial charge in [-0.15, -0.1) is 0 Å². The van der Waals surface area contributed by atoms with E-state index in [1.807, 2.05) is 19.1 Å². The highest BCUT2D eigenvalue weighted by Gasteiger charge is 2.22. The van der Waals surface area contributed by atoms with E-state index in [4.69, 9.17) is 4.18 Å². The molecule has 0 saturated carbocycles. The summed E-state index contributed by atoms with van der Waals surface area (Å²) in [6, 6.07) is 6.91. The lowest BCUT2D eigenvalue weighted by molar-refractivity contribution is 0.476. The highest BCUT2D eigenvalue weighted by Crippen LogP contribution is 2.24. The van der Waals surface area contributed by atoms with Gasteiger partial charge in [0.15, 0.2) is 0 Å². The third kappa shape index (κ3) is 2.41. The molecule has 0 atom stereocenters. The summed E-state index contributed by atoms with van der Waals surface area (Å²) in [5, 5.41) is 0. The summed E-state index contributed by atoms with van der Waals surface area (Å²) in [4.78, 5) is 2.95. The second-order valence-electron chi connectivity index (χ2n) is 4.30. The number of aryl methyl sites for hydroxylation is 3. The number of rotatable bonds is 3. The summed E-state index contributed by atoms with van der Waals surface area (Å²) in [5.41, 5.74) is 2.42. The Bertz CT molecular complexity index is 635. The number of benzene rings is 1. The van der Waals surface area contributed by atoms with E-state index in [9.17, 15) is 8.42 Å². The molecular formula is C13H15NO3S. The third-order valence-corrected chi connectivity index (χ3v) is 4.17. The maximum absolute atomic E-state index is 12.2. The minimum absolute atomic E-state index is 0.217. The Hall–Kier alpha value is -1.75. The van der Waals surface area contributed by atoms with E-state index in [0.29, 0.717) is 11.1 Å². The van der Waals surface area contributed by atoms with Crippen molar-refractivity contribution in [2.45, 2.75) is 25.7 Å². The van der Waals surface area contributed by atoms with E-state index < -0.39 is 10.1 Å². The first-order chi connectivity index (χ1) is 8.40. The van der Waals surface area contributed by atoms with Crippen molar-refractivity contribution in [3.05, 3.63) is 47.2 Å². The zero-order chi connectivity index (χ0) is 13.3. The molecule has 2 rings (SSSR count). The van der Waals surface area contributed by atoms with E-state index in [2.05, 4.69) is 4.98 Å². The largest absolute Gasteiger partial charge is 0.360 e. The predicted octanol–water partition coefficient (Wildman–Crippen LogP) is 2.71. The van der Waals surface area contributed by atoms with Crippen molar-refractivity contribution < 1.29 is 12.6 Å². The molecule has 0 aliphatic rings. The molecule has 1 heterocycles. The highest BCUT2D eigenvalue weighted by atomic mass is 32.2. The van der Waals surface area contributed by atoms with Gasteiger partial charge in [0.05, 0.1) is 0 Å². The molecule has 1 aromatic heterocycles. The van der Waals surface area contributed by atoms with Crippen LogP contribution < -0.4 is 4.18 Å². The molecule has 0 bridgehead atoms. The molecule has 18 heavy (non-hydrogen) atoms. The summed E-state index contributed by atoms with van der Waals surface area (Å²) in [7, 11) is -3.79. The second kappa shape index (κ2) is 4.49. The van der Waals surface area contributed by atoms with Crippen molar-refractivity contribution in [3.63, 3.8) is 0 Å². The van der Waals surface area contributed by atoms with E-state index in [1.54, 1.807) is 32.2 Å². The summed E-state index contributed by atoms with van der Waals surface area (Å²) < 4.78 is 29.5. The molecule has 1 aromatic carbocycles. The standard InChI is InChI=1S/C13H15NO3S/c1-9-7-10(2)13(11(3)8-9)18(15,16)17-12-5-4-6-14-12/h4-8,14H,1-3H3. The topological polar surface area (TPSA) is 59.2 Å². The lowest BCUT2D eigenvalue weighted by atomic mass is 10.1. The van der Waals surface area contributed by atoms with Gasteiger partial charge in [0.2, 0.25) is 5.88 Å². The van der Waals surface area contributed by atoms with Crippen molar-refractivity contribution in [3.8, 4) is 5.88 Å². The van der Waals surface area contributed by atoms with Crippen LogP contribution in [0.15, 0.2) is 35.4 Å². The van der Waals surface area contributed by atoms with Gasteiger partial charge in [-0.25, -0.2) is 0 Å². The maximum Gasteiger partial charge on any atom is 0.341 e. The van der Waals surface area contributed by atoms with Crippen molar-refractivity contribution in [2.75, 3.05) is 0 Å². The zero-order valence-corrected chi connectivity index (χ0v) is 11.3. The van der Waals surface area contributed by atoms with E-state index >= 15 is 0 Å². The van der Waals surface area contributed by atoms with Crippen LogP contribution in [0.2, 0.25) is 0 Å². The molecule has 96 valence electrons. The normalized spacial score (nSPS) is 11.5. The van der Waals surface area contributed by atoms with Crippen LogP contribution in [0, 0.1) is 20.8 Å². The molecule has 0 fully saturated rings. The number of H-pyrrole nitrogens is 1. The van der Waals surface area contributed by atoms with Crippen molar-refractivity contribution >= 4 is 10.1 Å². The molecule has 0 saturated heterocycles. The number of aromatic nitrogens is 1. The van der Waals surface area contributed by atoms with Gasteiger partial charge in [0.25, 0.3) is 0 Å². The van der Waals surface area contributed by atoms with Gasteiger partial charge in [-0.2, -0.15) is 8.42 Å². The Balaban J connectivity index is 2.48. The quantitative estimate of drug-likeness (QED) is 0.868. The summed E-state index contributed by atoms with van der Waals surface area (Å²) >= 11 is 0. The van der Waals surface area contributed by atoms with Gasteiger partial charge in [0.1, 0.15) is 4.90 Å². The summed E-state index contributed by atoms with van der Waals surface area (Å²) in [5.74, 6) is 0.217. The summed E-state index contributed by atoms with van der Waals surface area (Å²) in [6.07, 6.45) is 1.61. The molecule has 0 radical (unpaired) electrons. The Morgan fingerprint density at radius 3 is 2.22 bits per heavy atom. The van der Waals surface area contributed by atoms with Crippen LogP contribution >= 0.6 is 0 Å². The van der Waals surface area contributed by atoms with E-state index in [-0.39, 0.29) is 10.8 Å². The fourth-order valence-corrected chi connectivity index (χ4v) is 3.42. The van der Waals surface area contributed by atoms with Crippen LogP contribution in [-0.2, 0) is 10.1 Å². The second-order valence-corrected chi connectivity index (χ2v) is 5.78. The lowest BCUT2D eigenvalue weighted by Crippen LogP contribution is -2.13. The maximum atomic E-state index is 12.2. The molecule has 2 aromatic rings. The molecule has 5 heteroatoms. The van der Waals surface area contributed by atoms with Gasteiger partial charge >= 0.3 is 10.1 Å². The Labute approximate surface area is 107 Å². The van der Waals surface area contributed by atoms with Crippen molar-refractivity contribution in [2.24, 2.45) is 0 Å². The van der Waals surface area contributed by atoms with Crippen LogP contribution in [-0.4, -0.2) is 13.4 Å². The Morgan fingerprint density at radius 1 is 1.11 bits per heavy atom. The van der Waals surface area contributed by atoms with E-state index in [0.717, 1.165) is 5.56 Å². The molecule has 0 unspecified atom stereocenters. The van der Waals surface area contributed by atoms with Crippen LogP contribution in [0.3, 0.4) is 0 Å². The van der Waals surface area contributed by atoms with Gasteiger partial charge < -0.3 is 9.17 Å². The minimum Gasteiger partial charge on any atom is -0.360 e. The molecule has 0 spiro atoms. The van der Waals surface area contributed by atoms with Crippen molar-refractivity contribution in [1.29, 1.82) is 0 Å². The number of aromatic amines is 1. The Morgan fingerprint density at radius 2 is 1.72 bits per heavy atom. The molecule has 4 nitrogen and oxygen atoms in total. The van der Waals surface area contributed by atoms with Gasteiger partial charge in [-0.05, 0) is 38.0 Å². The lowest BCUT2D eigenvalue weighted by Gasteiger charge is -2.11. The van der Waals surface area contributed by atoms with Gasteiger partial charge in [0, 0.05) is 12.3 Å². The molecule has 1 N–H and O–H groups in total. The number of hydrogen-bond acceptors (Lipinski definition) is 3. The predicted molar refractivity (Wildman–Crippen MR) is 69.3 cm³/mol. The van der Waals surface area contributed by atoms with Crippen LogP contribution in [0.25, 0.3) is 0 Å². The third-order valence-electron chi connectivity index (χ3n) is 2.62. The average Bonchev–Trinajstić information content (AvgIpc) is 2.66. The SMILES string of the molecule is Cc1cc(C)c(S(=O)(=O)Oc2ccc[nH]2)c(C)c1. The summed E-state index contributed by atoms with van der Waals surface area (Å²) in [6.45, 7) is 5.47. The molecule has 0 aliphatic heterocycles. The van der Waals surface area contributed by atoms with Gasteiger partial charge in [-0.3, -0.25) is 0 Å². The fourth-order valence-electron chi connectivity index (χ4n) is 2.09. The van der Waals surface area contributed by atoms with Crippen LogP contribution in [0.1, 0.15) is 16.7 Å². The zero-order valence-electron chi connectivity index (χ0n) is 10.5. The van der Waals surface area contributed by atoms with Crippen LogP contribution in [0.4, 0.5) is 0 Å². The van der Waals surface area contributed by atoms with Crippen molar-refractivity contribution in [1.82, 2.24) is 4.98 Å². The molecule has 0 amide bonds. The first-order valence-electron chi connectivity index (χ1n) is 5.56. The Kier molecular flexibility index (Phi) is 3.17. The minimum atomic E-state index is -3.79. The molecule has 0 aliphatic carbocycles. The number of nitrogens with one attached hydrogen (secondary N) is 1.